The maximum atomic E-state index is 3.94. The van der Waals surface area contributed by atoms with Gasteiger partial charge in [0.25, 0.3) is 0 Å². The Morgan fingerprint density at radius 3 is 2.73 bits per heavy atom. The first kappa shape index (κ1) is 6.09. The number of benzene rings is 1. The van der Waals surface area contributed by atoms with Gasteiger partial charge in [0.2, 0.25) is 0 Å². The van der Waals surface area contributed by atoms with Gasteiger partial charge in [-0.3, -0.25) is 0 Å². The molecule has 2 aromatic rings. The van der Waals surface area contributed by atoms with Crippen molar-refractivity contribution in [1.82, 2.24) is 15.4 Å². The van der Waals surface area contributed by atoms with Crippen LogP contribution >= 0.6 is 0 Å². The normalized spacial score (nSPS) is 9.82. The minimum atomic E-state index is 0.860. The van der Waals surface area contributed by atoms with Gasteiger partial charge in [-0.1, -0.05) is 24.3 Å². The molecule has 0 aliphatic carbocycles. The lowest BCUT2D eigenvalue weighted by atomic mass is 10.2. The van der Waals surface area contributed by atoms with Crippen molar-refractivity contribution in [3.8, 4) is 11.3 Å². The molecule has 1 aromatic heterocycles. The Kier molecular flexibility index (Phi) is 1.41. The highest BCUT2D eigenvalue weighted by atomic mass is 15.3. The third kappa shape index (κ3) is 1.12. The van der Waals surface area contributed by atoms with Crippen LogP contribution in [0.3, 0.4) is 0 Å². The molecule has 3 heteroatoms. The third-order valence-corrected chi connectivity index (χ3v) is 1.43. The average Bonchev–Trinajstić information content (AvgIpc) is 2.58. The van der Waals surface area contributed by atoms with Crippen molar-refractivity contribution in [3.05, 3.63) is 36.5 Å². The topological polar surface area (TPSA) is 41.6 Å². The summed E-state index contributed by atoms with van der Waals surface area (Å²) in [4.78, 5) is 0. The molecule has 0 aliphatic rings. The molecule has 0 atom stereocenters. The first-order chi connectivity index (χ1) is 5.47. The molecule has 53 valence electrons. The van der Waals surface area contributed by atoms with Crippen molar-refractivity contribution in [2.75, 3.05) is 0 Å². The van der Waals surface area contributed by atoms with Gasteiger partial charge >= 0.3 is 0 Å². The lowest BCUT2D eigenvalue weighted by Gasteiger charge is -1.90. The van der Waals surface area contributed by atoms with Crippen LogP contribution in [-0.2, 0) is 0 Å². The van der Waals surface area contributed by atoms with E-state index in [-0.39, 0.29) is 0 Å². The maximum Gasteiger partial charge on any atom is 0.112 e. The fraction of sp³-hybridized carbons (Fsp3) is 0. The lowest BCUT2D eigenvalue weighted by Crippen LogP contribution is -1.75. The van der Waals surface area contributed by atoms with Gasteiger partial charge in [0.05, 0.1) is 6.20 Å². The molecule has 0 aliphatic heterocycles. The molecule has 0 unspecified atom stereocenters. The van der Waals surface area contributed by atoms with Gasteiger partial charge in [0.15, 0.2) is 0 Å². The van der Waals surface area contributed by atoms with Crippen LogP contribution in [0.15, 0.2) is 30.5 Å². The van der Waals surface area contributed by atoms with Gasteiger partial charge in [-0.25, -0.2) is 0 Å². The fourth-order valence-electron chi connectivity index (χ4n) is 0.898. The Hall–Kier alpha value is -1.64. The number of aromatic nitrogens is 3. The first-order valence-corrected chi connectivity index (χ1v) is 3.29. The number of H-pyrrole nitrogens is 1. The van der Waals surface area contributed by atoms with Crippen LogP contribution in [0.4, 0.5) is 0 Å². The molecule has 3 nitrogen and oxygen atoms in total. The maximum absolute atomic E-state index is 3.94. The van der Waals surface area contributed by atoms with Crippen LogP contribution in [0.1, 0.15) is 0 Å². The van der Waals surface area contributed by atoms with Crippen molar-refractivity contribution in [2.24, 2.45) is 0 Å². The zero-order valence-electron chi connectivity index (χ0n) is 5.78. The molecule has 2 rings (SSSR count). The zero-order chi connectivity index (χ0) is 7.52. The summed E-state index contributed by atoms with van der Waals surface area (Å²) in [7, 11) is 0. The van der Waals surface area contributed by atoms with Crippen molar-refractivity contribution in [2.45, 2.75) is 0 Å². The lowest BCUT2D eigenvalue weighted by molar-refractivity contribution is 0.942. The molecule has 1 heterocycles. The summed E-state index contributed by atoms with van der Waals surface area (Å²) < 4.78 is 0. The highest BCUT2D eigenvalue weighted by Crippen LogP contribution is 2.12. The van der Waals surface area contributed by atoms with E-state index in [1.165, 1.54) is 0 Å². The summed E-state index contributed by atoms with van der Waals surface area (Å²) in [6.07, 6.45) is 1.69. The Morgan fingerprint density at radius 1 is 1.27 bits per heavy atom. The van der Waals surface area contributed by atoms with E-state index in [0.29, 0.717) is 0 Å². The number of hydrogen-bond donors (Lipinski definition) is 1. The third-order valence-electron chi connectivity index (χ3n) is 1.43. The highest BCUT2D eigenvalue weighted by Gasteiger charge is 1.96. The molecule has 0 saturated heterocycles. The van der Waals surface area contributed by atoms with Gasteiger partial charge in [-0.05, 0) is 6.07 Å². The minimum absolute atomic E-state index is 0.860. The van der Waals surface area contributed by atoms with E-state index < -0.39 is 0 Å². The van der Waals surface area contributed by atoms with Crippen LogP contribution in [0, 0.1) is 6.07 Å². The number of aromatic amines is 1. The van der Waals surface area contributed by atoms with E-state index in [2.05, 4.69) is 21.5 Å². The van der Waals surface area contributed by atoms with Crippen molar-refractivity contribution < 1.29 is 0 Å². The minimum Gasteiger partial charge on any atom is -0.197 e. The van der Waals surface area contributed by atoms with Crippen LogP contribution < -0.4 is 0 Å². The second-order valence-corrected chi connectivity index (χ2v) is 2.14. The summed E-state index contributed by atoms with van der Waals surface area (Å²) in [6, 6.07) is 10.5. The Balaban J connectivity index is 2.46. The SMILES string of the molecule is [c]1ccc(-c2cn[nH]n2)cc1. The molecule has 0 bridgehead atoms. The summed E-state index contributed by atoms with van der Waals surface area (Å²) in [5.74, 6) is 0. The first-order valence-electron chi connectivity index (χ1n) is 3.29. The van der Waals surface area contributed by atoms with Gasteiger partial charge in [-0.2, -0.15) is 15.4 Å². The van der Waals surface area contributed by atoms with Crippen molar-refractivity contribution in [1.29, 1.82) is 0 Å². The quantitative estimate of drug-likeness (QED) is 0.654. The van der Waals surface area contributed by atoms with Crippen molar-refractivity contribution in [3.63, 3.8) is 0 Å². The summed E-state index contributed by atoms with van der Waals surface area (Å²) >= 11 is 0. The molecular formula is C8H6N3. The van der Waals surface area contributed by atoms with E-state index in [1.807, 2.05) is 24.3 Å². The Labute approximate surface area is 64.1 Å². The molecule has 1 N–H and O–H groups in total. The summed E-state index contributed by atoms with van der Waals surface area (Å²) in [6.45, 7) is 0. The number of nitrogens with one attached hydrogen (secondary N) is 1. The zero-order valence-corrected chi connectivity index (χ0v) is 5.78. The van der Waals surface area contributed by atoms with Crippen LogP contribution in [0.25, 0.3) is 11.3 Å². The second-order valence-electron chi connectivity index (χ2n) is 2.14. The van der Waals surface area contributed by atoms with E-state index in [0.717, 1.165) is 11.3 Å². The van der Waals surface area contributed by atoms with Crippen LogP contribution in [0.2, 0.25) is 0 Å². The standard InChI is InChI=1S/C8H6N3/c1-2-4-7(5-3-1)8-6-9-11-10-8/h2-6H,(H,9,10,11). The molecular weight excluding hydrogens is 138 g/mol. The molecule has 11 heavy (non-hydrogen) atoms. The molecule has 1 aromatic carbocycles. The van der Waals surface area contributed by atoms with Gasteiger partial charge in [0, 0.05) is 5.56 Å². The van der Waals surface area contributed by atoms with Gasteiger partial charge in [0.1, 0.15) is 5.69 Å². The van der Waals surface area contributed by atoms with Gasteiger partial charge in [-0.15, -0.1) is 0 Å². The molecule has 1 radical (unpaired) electrons. The monoisotopic (exact) mass is 144 g/mol. The predicted octanol–water partition coefficient (Wildman–Crippen LogP) is 1.27. The number of rotatable bonds is 1. The summed E-state index contributed by atoms with van der Waals surface area (Å²) in [5, 5.41) is 10.2. The van der Waals surface area contributed by atoms with Gasteiger partial charge < -0.3 is 0 Å². The van der Waals surface area contributed by atoms with E-state index in [1.54, 1.807) is 6.20 Å². The van der Waals surface area contributed by atoms with Crippen LogP contribution in [0.5, 0.6) is 0 Å². The highest BCUT2D eigenvalue weighted by molar-refractivity contribution is 5.56. The Morgan fingerprint density at radius 2 is 2.09 bits per heavy atom. The smallest absolute Gasteiger partial charge is 0.112 e. The van der Waals surface area contributed by atoms with Crippen LogP contribution in [-0.4, -0.2) is 15.4 Å². The Bertz CT molecular complexity index is 312. The fourth-order valence-corrected chi connectivity index (χ4v) is 0.898. The predicted molar refractivity (Wildman–Crippen MR) is 40.7 cm³/mol. The molecule has 0 saturated carbocycles. The number of hydrogen-bond acceptors (Lipinski definition) is 2. The molecule has 0 amide bonds. The second kappa shape index (κ2) is 2.54. The average molecular weight is 144 g/mol. The number of nitrogens with zero attached hydrogens (tertiary/aromatic N) is 2. The van der Waals surface area contributed by atoms with E-state index >= 15 is 0 Å². The molecule has 0 spiro atoms. The van der Waals surface area contributed by atoms with E-state index in [4.69, 9.17) is 0 Å². The largest absolute Gasteiger partial charge is 0.197 e. The van der Waals surface area contributed by atoms with Crippen molar-refractivity contribution >= 4 is 0 Å². The van der Waals surface area contributed by atoms with E-state index in [9.17, 15) is 0 Å². The summed E-state index contributed by atoms with van der Waals surface area (Å²) in [5.41, 5.74) is 1.91. The molecule has 0 fully saturated rings.